The average Bonchev–Trinajstić information content (AvgIpc) is 3.20. The monoisotopic (exact) mass is 594 g/mol. The van der Waals surface area contributed by atoms with Crippen LogP contribution in [0.25, 0.3) is 0 Å². The van der Waals surface area contributed by atoms with Gasteiger partial charge in [0.25, 0.3) is 8.32 Å². The van der Waals surface area contributed by atoms with Crippen molar-refractivity contribution < 1.29 is 19.4 Å². The molecule has 1 heterocycles. The summed E-state index contributed by atoms with van der Waals surface area (Å²) in [5, 5.41) is 22.4. The molecule has 0 unspecified atom stereocenters. The number of aliphatic hydroxyl groups excluding tert-OH is 2. The van der Waals surface area contributed by atoms with E-state index in [9.17, 15) is 10.2 Å². The summed E-state index contributed by atoms with van der Waals surface area (Å²) in [4.78, 5) is 0. The van der Waals surface area contributed by atoms with E-state index in [2.05, 4.69) is 105 Å². The number of ether oxygens (including phenoxy) is 1. The lowest BCUT2D eigenvalue weighted by Gasteiger charge is -2.46. The summed E-state index contributed by atoms with van der Waals surface area (Å²) in [5.41, 5.74) is 0. The van der Waals surface area contributed by atoms with Crippen molar-refractivity contribution in [3.8, 4) is 0 Å². The molecule has 0 spiro atoms. The second-order valence-electron chi connectivity index (χ2n) is 10.4. The normalized spacial score (nSPS) is 23.3. The lowest BCUT2D eigenvalue weighted by molar-refractivity contribution is -0.0505. The molecule has 2 aromatic rings. The predicted molar refractivity (Wildman–Crippen MR) is 150 cm³/mol. The molecule has 1 aliphatic heterocycles. The van der Waals surface area contributed by atoms with E-state index >= 15 is 0 Å². The molecule has 0 aromatic heterocycles. The Hall–Kier alpha value is -1.03. The Balaban J connectivity index is 2.08. The Bertz CT molecular complexity index is 860. The Morgan fingerprint density at radius 1 is 1.09 bits per heavy atom. The SMILES string of the molecule is C[C@H]1C[C@@H]([C@H](C[C@H](O)CO)O[Si](c2ccccc2)(c2ccccc2)C(C)(C)C)O[C@H]1C/C=C\I. The molecule has 3 rings (SSSR count). The van der Waals surface area contributed by atoms with Crippen molar-refractivity contribution in [2.24, 2.45) is 5.92 Å². The van der Waals surface area contributed by atoms with E-state index in [1.165, 1.54) is 10.4 Å². The molecule has 0 amide bonds. The molecule has 1 aliphatic rings. The van der Waals surface area contributed by atoms with Gasteiger partial charge in [-0.15, -0.1) is 0 Å². The van der Waals surface area contributed by atoms with Crippen LogP contribution in [0, 0.1) is 5.92 Å². The van der Waals surface area contributed by atoms with Crippen molar-refractivity contribution >= 4 is 41.3 Å². The minimum atomic E-state index is -2.82. The number of rotatable bonds is 10. The van der Waals surface area contributed by atoms with Gasteiger partial charge in [-0.1, -0.05) is 117 Å². The zero-order valence-electron chi connectivity index (χ0n) is 20.7. The van der Waals surface area contributed by atoms with Crippen LogP contribution in [0.2, 0.25) is 5.04 Å². The standard InChI is InChI=1S/C28H39IO4Si/c1-21-18-26(32-25(21)16-11-17-29)27(19-22(31)20-30)33-34(28(2,3)4,23-12-7-5-8-13-23)24-14-9-6-10-15-24/h5-15,17,21-22,25-27,30-31H,16,18-20H2,1-4H3/b17-11-/t21-,22-,25-,26-,27-/m0/s1. The van der Waals surface area contributed by atoms with Crippen LogP contribution in [0.5, 0.6) is 0 Å². The lowest BCUT2D eigenvalue weighted by Crippen LogP contribution is -2.68. The lowest BCUT2D eigenvalue weighted by atomic mass is 9.96. The van der Waals surface area contributed by atoms with Gasteiger partial charge in [-0.3, -0.25) is 0 Å². The van der Waals surface area contributed by atoms with Crippen LogP contribution in [-0.2, 0) is 9.16 Å². The van der Waals surface area contributed by atoms with Gasteiger partial charge in [0.15, 0.2) is 0 Å². The fraction of sp³-hybridized carbons (Fsp3) is 0.500. The number of halogens is 1. The molecule has 2 N–H and O–H groups in total. The quantitative estimate of drug-likeness (QED) is 0.307. The highest BCUT2D eigenvalue weighted by molar-refractivity contribution is 14.1. The Morgan fingerprint density at radius 2 is 1.65 bits per heavy atom. The second kappa shape index (κ2) is 12.3. The summed E-state index contributed by atoms with van der Waals surface area (Å²) in [6, 6.07) is 21.1. The largest absolute Gasteiger partial charge is 0.402 e. The third kappa shape index (κ3) is 6.20. The van der Waals surface area contributed by atoms with Crippen LogP contribution in [0.15, 0.2) is 70.8 Å². The molecule has 186 valence electrons. The molecule has 4 nitrogen and oxygen atoms in total. The van der Waals surface area contributed by atoms with Crippen LogP contribution >= 0.6 is 22.6 Å². The van der Waals surface area contributed by atoms with Gasteiger partial charge < -0.3 is 19.4 Å². The summed E-state index contributed by atoms with van der Waals surface area (Å²) in [6.45, 7) is 8.71. The third-order valence-electron chi connectivity index (χ3n) is 6.92. The predicted octanol–water partition coefficient (Wildman–Crippen LogP) is 4.81. The molecule has 1 saturated heterocycles. The van der Waals surface area contributed by atoms with Crippen molar-refractivity contribution in [2.45, 2.75) is 76.4 Å². The van der Waals surface area contributed by atoms with Crippen molar-refractivity contribution in [2.75, 3.05) is 6.61 Å². The highest BCUT2D eigenvalue weighted by Gasteiger charge is 2.53. The zero-order valence-corrected chi connectivity index (χ0v) is 23.9. The van der Waals surface area contributed by atoms with Gasteiger partial charge in [0.05, 0.1) is 31.0 Å². The van der Waals surface area contributed by atoms with Gasteiger partial charge >= 0.3 is 0 Å². The van der Waals surface area contributed by atoms with Crippen LogP contribution in [0.1, 0.15) is 47.0 Å². The summed E-state index contributed by atoms with van der Waals surface area (Å²) in [7, 11) is -2.82. The van der Waals surface area contributed by atoms with Crippen LogP contribution in [0.3, 0.4) is 0 Å². The zero-order chi connectivity index (χ0) is 24.8. The number of hydrogen-bond donors (Lipinski definition) is 2. The van der Waals surface area contributed by atoms with Gasteiger partial charge in [0.2, 0.25) is 0 Å². The maximum absolute atomic E-state index is 10.5. The molecule has 1 fully saturated rings. The van der Waals surface area contributed by atoms with E-state index in [-0.39, 0.29) is 30.0 Å². The minimum Gasteiger partial charge on any atom is -0.402 e. The molecule has 0 aliphatic carbocycles. The average molecular weight is 595 g/mol. The van der Waals surface area contributed by atoms with Crippen molar-refractivity contribution in [3.05, 3.63) is 70.8 Å². The number of benzene rings is 2. The summed E-state index contributed by atoms with van der Waals surface area (Å²) < 4.78 is 16.0. The molecule has 0 saturated carbocycles. The summed E-state index contributed by atoms with van der Waals surface area (Å²) in [5.74, 6) is 0.397. The summed E-state index contributed by atoms with van der Waals surface area (Å²) >= 11 is 2.24. The molecule has 2 aromatic carbocycles. The second-order valence-corrected chi connectivity index (χ2v) is 15.4. The third-order valence-corrected chi connectivity index (χ3v) is 12.5. The van der Waals surface area contributed by atoms with E-state index in [0.717, 1.165) is 12.8 Å². The fourth-order valence-corrected chi connectivity index (χ4v) is 10.2. The molecule has 34 heavy (non-hydrogen) atoms. The number of hydrogen-bond acceptors (Lipinski definition) is 4. The molecule has 6 heteroatoms. The van der Waals surface area contributed by atoms with Crippen molar-refractivity contribution in [1.82, 2.24) is 0 Å². The Kier molecular flexibility index (Phi) is 9.95. The van der Waals surface area contributed by atoms with E-state index in [0.29, 0.717) is 12.3 Å². The first-order chi connectivity index (χ1) is 16.2. The van der Waals surface area contributed by atoms with Gasteiger partial charge in [-0.25, -0.2) is 0 Å². The Labute approximate surface area is 219 Å². The van der Waals surface area contributed by atoms with Crippen molar-refractivity contribution in [1.29, 1.82) is 0 Å². The minimum absolute atomic E-state index is 0.132. The van der Waals surface area contributed by atoms with Gasteiger partial charge in [0.1, 0.15) is 0 Å². The van der Waals surface area contributed by atoms with E-state index < -0.39 is 14.4 Å². The summed E-state index contributed by atoms with van der Waals surface area (Å²) in [6.07, 6.45) is 3.05. The maximum Gasteiger partial charge on any atom is 0.261 e. The van der Waals surface area contributed by atoms with Crippen molar-refractivity contribution in [3.63, 3.8) is 0 Å². The number of aliphatic hydroxyl groups is 2. The van der Waals surface area contributed by atoms with Crippen LogP contribution < -0.4 is 10.4 Å². The van der Waals surface area contributed by atoms with E-state index in [1.54, 1.807) is 0 Å². The first-order valence-electron chi connectivity index (χ1n) is 12.2. The van der Waals surface area contributed by atoms with E-state index in [4.69, 9.17) is 9.16 Å². The Morgan fingerprint density at radius 3 is 2.12 bits per heavy atom. The van der Waals surface area contributed by atoms with Gasteiger partial charge in [-0.05, 0) is 38.3 Å². The van der Waals surface area contributed by atoms with Crippen LogP contribution in [0.4, 0.5) is 0 Å². The van der Waals surface area contributed by atoms with E-state index in [1.807, 2.05) is 16.2 Å². The fourth-order valence-electron chi connectivity index (χ4n) is 5.18. The smallest absolute Gasteiger partial charge is 0.261 e. The molecule has 0 radical (unpaired) electrons. The highest BCUT2D eigenvalue weighted by Crippen LogP contribution is 2.40. The topological polar surface area (TPSA) is 58.9 Å². The van der Waals surface area contributed by atoms with Gasteiger partial charge in [-0.2, -0.15) is 0 Å². The first-order valence-corrected chi connectivity index (χ1v) is 15.4. The first kappa shape index (κ1) is 27.6. The molecular weight excluding hydrogens is 555 g/mol. The van der Waals surface area contributed by atoms with Crippen LogP contribution in [-0.4, -0.2) is 49.6 Å². The highest BCUT2D eigenvalue weighted by atomic mass is 127. The maximum atomic E-state index is 10.5. The molecule has 5 atom stereocenters. The molecular formula is C28H39IO4Si. The van der Waals surface area contributed by atoms with Gasteiger partial charge in [0, 0.05) is 6.42 Å². The molecule has 0 bridgehead atoms.